The van der Waals surface area contributed by atoms with Gasteiger partial charge < -0.3 is 9.64 Å². The van der Waals surface area contributed by atoms with Crippen molar-refractivity contribution < 1.29 is 9.13 Å². The van der Waals surface area contributed by atoms with Gasteiger partial charge in [-0.15, -0.1) is 0 Å². The van der Waals surface area contributed by atoms with Crippen molar-refractivity contribution in [3.05, 3.63) is 48.0 Å². The van der Waals surface area contributed by atoms with Gasteiger partial charge in [0.25, 0.3) is 0 Å². The third-order valence-corrected chi connectivity index (χ3v) is 4.58. The van der Waals surface area contributed by atoms with E-state index in [4.69, 9.17) is 4.74 Å². The first-order valence-electron chi connectivity index (χ1n) is 8.22. The van der Waals surface area contributed by atoms with Gasteiger partial charge in [0, 0.05) is 37.8 Å². The number of ether oxygens (including phenoxy) is 1. The van der Waals surface area contributed by atoms with Crippen LogP contribution >= 0.6 is 0 Å². The molecule has 5 nitrogen and oxygen atoms in total. The van der Waals surface area contributed by atoms with E-state index in [0.29, 0.717) is 18.5 Å². The lowest BCUT2D eigenvalue weighted by molar-refractivity contribution is 0.196. The Labute approximate surface area is 142 Å². The first-order valence-corrected chi connectivity index (χ1v) is 8.22. The van der Waals surface area contributed by atoms with Gasteiger partial charge in [-0.25, -0.2) is 14.4 Å². The van der Waals surface area contributed by atoms with Gasteiger partial charge in [-0.1, -0.05) is 18.2 Å². The fourth-order valence-electron chi connectivity index (χ4n) is 3.18. The topological polar surface area (TPSA) is 41.5 Å². The summed E-state index contributed by atoms with van der Waals surface area (Å²) in [4.78, 5) is 12.9. The summed E-state index contributed by atoms with van der Waals surface area (Å²) in [5.74, 6) is 1.28. The van der Waals surface area contributed by atoms with E-state index >= 15 is 0 Å². The molecule has 1 aromatic heterocycles. The summed E-state index contributed by atoms with van der Waals surface area (Å²) in [7, 11) is 3.64. The molecule has 1 saturated heterocycles. The van der Waals surface area contributed by atoms with E-state index in [1.807, 2.05) is 25.2 Å². The maximum atomic E-state index is 13.9. The minimum atomic E-state index is -0.131. The number of hydrogen-bond acceptors (Lipinski definition) is 5. The van der Waals surface area contributed by atoms with Crippen LogP contribution in [0.3, 0.4) is 0 Å². The van der Waals surface area contributed by atoms with Crippen LogP contribution in [0.5, 0.6) is 5.88 Å². The Morgan fingerprint density at radius 1 is 1.33 bits per heavy atom. The van der Waals surface area contributed by atoms with Crippen molar-refractivity contribution in [1.29, 1.82) is 0 Å². The molecule has 2 heterocycles. The maximum absolute atomic E-state index is 13.9. The van der Waals surface area contributed by atoms with Crippen LogP contribution in [0.15, 0.2) is 36.7 Å². The molecule has 1 unspecified atom stereocenters. The third kappa shape index (κ3) is 3.82. The Morgan fingerprint density at radius 2 is 2.17 bits per heavy atom. The molecule has 0 saturated carbocycles. The van der Waals surface area contributed by atoms with Gasteiger partial charge in [-0.2, -0.15) is 0 Å². The molecule has 24 heavy (non-hydrogen) atoms. The highest BCUT2D eigenvalue weighted by molar-refractivity contribution is 5.41. The number of benzene rings is 1. The summed E-state index contributed by atoms with van der Waals surface area (Å²) in [6.07, 6.45) is 3.70. The molecule has 0 radical (unpaired) electrons. The van der Waals surface area contributed by atoms with Crippen LogP contribution in [0.1, 0.15) is 18.4 Å². The predicted octanol–water partition coefficient (Wildman–Crippen LogP) is 2.73. The minimum Gasteiger partial charge on any atom is -0.481 e. The number of halogens is 1. The van der Waals surface area contributed by atoms with Crippen LogP contribution in [0.25, 0.3) is 0 Å². The number of likely N-dealkylation sites (N-methyl/N-ethyl adjacent to an activating group) is 1. The number of piperidine rings is 1. The Morgan fingerprint density at radius 3 is 2.96 bits per heavy atom. The van der Waals surface area contributed by atoms with Crippen molar-refractivity contribution in [2.24, 2.45) is 0 Å². The predicted molar refractivity (Wildman–Crippen MR) is 91.7 cm³/mol. The summed E-state index contributed by atoms with van der Waals surface area (Å²) in [5.41, 5.74) is 0.754. The highest BCUT2D eigenvalue weighted by Gasteiger charge is 2.24. The van der Waals surface area contributed by atoms with E-state index in [0.717, 1.165) is 37.3 Å². The van der Waals surface area contributed by atoms with Crippen molar-refractivity contribution in [1.82, 2.24) is 14.9 Å². The standard InChI is InChI=1S/C18H23FN4O/c1-22(17-10-18(24-2)21-13-20-17)15-7-5-9-23(12-15)11-14-6-3-4-8-16(14)19/h3-4,6,8,10,13,15H,5,7,9,11-12H2,1-2H3. The second kappa shape index (κ2) is 7.57. The molecular formula is C18H23FN4O. The molecular weight excluding hydrogens is 307 g/mol. The molecule has 0 N–H and O–H groups in total. The van der Waals surface area contributed by atoms with E-state index in [-0.39, 0.29) is 5.82 Å². The van der Waals surface area contributed by atoms with Crippen LogP contribution in [-0.4, -0.2) is 48.2 Å². The molecule has 1 aliphatic rings. The normalized spacial score (nSPS) is 18.4. The number of hydrogen-bond donors (Lipinski definition) is 0. The molecule has 6 heteroatoms. The second-order valence-corrected chi connectivity index (χ2v) is 6.15. The fraction of sp³-hybridized carbons (Fsp3) is 0.444. The van der Waals surface area contributed by atoms with Crippen LogP contribution in [0, 0.1) is 5.82 Å². The zero-order chi connectivity index (χ0) is 16.9. The molecule has 0 aliphatic carbocycles. The second-order valence-electron chi connectivity index (χ2n) is 6.15. The molecule has 0 bridgehead atoms. The van der Waals surface area contributed by atoms with Gasteiger partial charge in [0.1, 0.15) is 18.0 Å². The zero-order valence-electron chi connectivity index (χ0n) is 14.2. The Bertz CT molecular complexity index is 682. The lowest BCUT2D eigenvalue weighted by Gasteiger charge is -2.38. The Balaban J connectivity index is 1.67. The zero-order valence-corrected chi connectivity index (χ0v) is 14.2. The van der Waals surface area contributed by atoms with E-state index < -0.39 is 0 Å². The first-order chi connectivity index (χ1) is 11.7. The summed E-state index contributed by atoms with van der Waals surface area (Å²) < 4.78 is 19.1. The van der Waals surface area contributed by atoms with Crippen molar-refractivity contribution in [3.63, 3.8) is 0 Å². The molecule has 1 atom stereocenters. The van der Waals surface area contributed by atoms with Gasteiger partial charge in [0.05, 0.1) is 7.11 Å². The molecule has 128 valence electrons. The molecule has 0 amide bonds. The van der Waals surface area contributed by atoms with Gasteiger partial charge in [0.15, 0.2) is 0 Å². The largest absolute Gasteiger partial charge is 0.481 e. The summed E-state index contributed by atoms with van der Waals surface area (Å²) in [5, 5.41) is 0. The number of likely N-dealkylation sites (tertiary alicyclic amines) is 1. The van der Waals surface area contributed by atoms with Crippen molar-refractivity contribution in [2.75, 3.05) is 32.1 Å². The Kier molecular flexibility index (Phi) is 5.25. The van der Waals surface area contributed by atoms with Gasteiger partial charge in [0.2, 0.25) is 5.88 Å². The number of methoxy groups -OCH3 is 1. The molecule has 3 rings (SSSR count). The lowest BCUT2D eigenvalue weighted by Crippen LogP contribution is -2.46. The highest BCUT2D eigenvalue weighted by Crippen LogP contribution is 2.23. The number of rotatable bonds is 5. The third-order valence-electron chi connectivity index (χ3n) is 4.58. The molecule has 1 aromatic carbocycles. The highest BCUT2D eigenvalue weighted by atomic mass is 19.1. The smallest absolute Gasteiger partial charge is 0.218 e. The van der Waals surface area contributed by atoms with E-state index in [1.165, 1.54) is 12.4 Å². The van der Waals surface area contributed by atoms with E-state index in [9.17, 15) is 4.39 Å². The average molecular weight is 330 g/mol. The van der Waals surface area contributed by atoms with Crippen LogP contribution in [0.4, 0.5) is 10.2 Å². The quantitative estimate of drug-likeness (QED) is 0.843. The molecule has 1 fully saturated rings. The van der Waals surface area contributed by atoms with Crippen molar-refractivity contribution >= 4 is 5.82 Å². The van der Waals surface area contributed by atoms with Crippen molar-refractivity contribution in [2.45, 2.75) is 25.4 Å². The monoisotopic (exact) mass is 330 g/mol. The molecule has 1 aliphatic heterocycles. The summed E-state index contributed by atoms with van der Waals surface area (Å²) in [6, 6.07) is 9.18. The SMILES string of the molecule is COc1cc(N(C)C2CCCN(Cc3ccccc3F)C2)ncn1. The summed E-state index contributed by atoms with van der Waals surface area (Å²) in [6.45, 7) is 2.52. The average Bonchev–Trinajstić information content (AvgIpc) is 2.63. The first kappa shape index (κ1) is 16.6. The number of nitrogens with zero attached hydrogens (tertiary/aromatic N) is 4. The minimum absolute atomic E-state index is 0.131. The van der Waals surface area contributed by atoms with Crippen molar-refractivity contribution in [3.8, 4) is 5.88 Å². The van der Waals surface area contributed by atoms with E-state index in [1.54, 1.807) is 13.2 Å². The molecule has 2 aromatic rings. The molecule has 0 spiro atoms. The number of anilines is 1. The maximum Gasteiger partial charge on any atom is 0.218 e. The lowest BCUT2D eigenvalue weighted by atomic mass is 10.0. The van der Waals surface area contributed by atoms with Crippen LogP contribution in [-0.2, 0) is 6.54 Å². The van der Waals surface area contributed by atoms with Crippen LogP contribution in [0.2, 0.25) is 0 Å². The summed E-state index contributed by atoms with van der Waals surface area (Å²) >= 11 is 0. The van der Waals surface area contributed by atoms with Crippen LogP contribution < -0.4 is 9.64 Å². The number of aromatic nitrogens is 2. The Hall–Kier alpha value is -2.21. The van der Waals surface area contributed by atoms with Gasteiger partial charge in [-0.3, -0.25) is 4.90 Å². The van der Waals surface area contributed by atoms with Gasteiger partial charge >= 0.3 is 0 Å². The van der Waals surface area contributed by atoms with E-state index in [2.05, 4.69) is 19.8 Å². The van der Waals surface area contributed by atoms with Gasteiger partial charge in [-0.05, 0) is 25.5 Å². The fourth-order valence-corrected chi connectivity index (χ4v) is 3.18.